The smallest absolute Gasteiger partial charge is 0.138 e. The number of fused-ring (bicyclic) bond motifs is 1. The molecule has 0 aromatic carbocycles. The molecule has 0 bridgehead atoms. The maximum Gasteiger partial charge on any atom is 0.138 e. The van der Waals surface area contributed by atoms with E-state index >= 15 is 0 Å². The van der Waals surface area contributed by atoms with Crippen LogP contribution in [0.3, 0.4) is 0 Å². The Morgan fingerprint density at radius 2 is 2.11 bits per heavy atom. The molecule has 0 spiro atoms. The molecule has 18 heavy (non-hydrogen) atoms. The van der Waals surface area contributed by atoms with Gasteiger partial charge in [-0.15, -0.1) is 22.9 Å². The van der Waals surface area contributed by atoms with E-state index in [2.05, 4.69) is 43.0 Å². The second-order valence-corrected chi connectivity index (χ2v) is 6.33. The number of anilines is 1. The van der Waals surface area contributed by atoms with Crippen LogP contribution in [0.5, 0.6) is 0 Å². The first-order valence-corrected chi connectivity index (χ1v) is 7.40. The number of aryl methyl sites for hydroxylation is 2. The van der Waals surface area contributed by atoms with Crippen LogP contribution in [0, 0.1) is 13.8 Å². The first kappa shape index (κ1) is 13.6. The average molecular weight is 284 g/mol. The Bertz CT molecular complexity index is 561. The van der Waals surface area contributed by atoms with Crippen LogP contribution in [-0.4, -0.2) is 21.4 Å². The summed E-state index contributed by atoms with van der Waals surface area (Å²) in [6.45, 7) is 8.47. The van der Waals surface area contributed by atoms with Crippen molar-refractivity contribution in [3.8, 4) is 0 Å². The monoisotopic (exact) mass is 283 g/mol. The van der Waals surface area contributed by atoms with Crippen LogP contribution in [0.2, 0.25) is 0 Å². The molecule has 2 rings (SSSR count). The zero-order chi connectivity index (χ0) is 13.3. The molecule has 0 aliphatic rings. The van der Waals surface area contributed by atoms with E-state index in [9.17, 15) is 0 Å². The number of hydrogen-bond acceptors (Lipinski definition) is 4. The minimum absolute atomic E-state index is 0.134. The number of nitrogens with one attached hydrogen (secondary N) is 1. The molecule has 0 fully saturated rings. The maximum atomic E-state index is 6.05. The normalized spacial score (nSPS) is 14.7. The Balaban J connectivity index is 2.51. The van der Waals surface area contributed by atoms with Crippen molar-refractivity contribution in [2.75, 3.05) is 11.2 Å². The molecule has 2 aromatic heterocycles. The summed E-state index contributed by atoms with van der Waals surface area (Å²) in [5, 5.41) is 4.60. The number of rotatable bonds is 4. The summed E-state index contributed by atoms with van der Waals surface area (Å²) in [6.07, 6.45) is 2.56. The van der Waals surface area contributed by atoms with Gasteiger partial charge in [0, 0.05) is 16.3 Å². The molecule has 1 atom stereocenters. The Labute approximate surface area is 117 Å². The predicted octanol–water partition coefficient (Wildman–Crippen LogP) is 4.13. The van der Waals surface area contributed by atoms with Crippen LogP contribution in [-0.2, 0) is 0 Å². The molecule has 0 aliphatic heterocycles. The van der Waals surface area contributed by atoms with Gasteiger partial charge in [-0.2, -0.15) is 0 Å². The van der Waals surface area contributed by atoms with E-state index in [0.717, 1.165) is 22.5 Å². The number of aromatic nitrogens is 2. The highest BCUT2D eigenvalue weighted by molar-refractivity contribution is 7.18. The second kappa shape index (κ2) is 5.02. The number of hydrogen-bond donors (Lipinski definition) is 1. The van der Waals surface area contributed by atoms with Gasteiger partial charge in [0.15, 0.2) is 0 Å². The topological polar surface area (TPSA) is 37.8 Å². The van der Waals surface area contributed by atoms with E-state index in [-0.39, 0.29) is 5.54 Å². The van der Waals surface area contributed by atoms with Crippen molar-refractivity contribution in [3.05, 3.63) is 16.8 Å². The van der Waals surface area contributed by atoms with E-state index in [4.69, 9.17) is 11.6 Å². The average Bonchev–Trinajstić information content (AvgIpc) is 2.66. The third-order valence-electron chi connectivity index (χ3n) is 3.46. The fourth-order valence-corrected chi connectivity index (χ4v) is 3.03. The molecule has 0 saturated carbocycles. The van der Waals surface area contributed by atoms with Gasteiger partial charge in [0.25, 0.3) is 0 Å². The van der Waals surface area contributed by atoms with E-state index in [0.29, 0.717) is 5.88 Å². The molecule has 2 aromatic rings. The van der Waals surface area contributed by atoms with Crippen molar-refractivity contribution in [2.24, 2.45) is 0 Å². The van der Waals surface area contributed by atoms with Gasteiger partial charge in [0.2, 0.25) is 0 Å². The van der Waals surface area contributed by atoms with Crippen molar-refractivity contribution in [1.29, 1.82) is 0 Å². The standard InChI is InChI=1S/C13H18ClN3S/c1-5-13(4,6-14)17-11-10-8(2)9(3)18-12(10)16-7-15-11/h7H,5-6H2,1-4H3,(H,15,16,17). The number of thiophene rings is 1. The first-order chi connectivity index (χ1) is 8.50. The lowest BCUT2D eigenvalue weighted by Crippen LogP contribution is -2.36. The fourth-order valence-electron chi connectivity index (χ4n) is 1.78. The van der Waals surface area contributed by atoms with Crippen LogP contribution in [0.15, 0.2) is 6.33 Å². The van der Waals surface area contributed by atoms with Gasteiger partial charge in [-0.1, -0.05) is 6.92 Å². The van der Waals surface area contributed by atoms with Crippen LogP contribution in [0.1, 0.15) is 30.7 Å². The molecule has 98 valence electrons. The van der Waals surface area contributed by atoms with Gasteiger partial charge in [-0.05, 0) is 32.8 Å². The molecular formula is C13H18ClN3S. The molecule has 1 unspecified atom stereocenters. The van der Waals surface area contributed by atoms with Crippen molar-refractivity contribution in [3.63, 3.8) is 0 Å². The number of halogens is 1. The van der Waals surface area contributed by atoms with Crippen molar-refractivity contribution >= 4 is 39.0 Å². The summed E-state index contributed by atoms with van der Waals surface area (Å²) in [7, 11) is 0. The molecule has 0 saturated heterocycles. The highest BCUT2D eigenvalue weighted by atomic mass is 35.5. The molecule has 0 radical (unpaired) electrons. The lowest BCUT2D eigenvalue weighted by atomic mass is 10.0. The largest absolute Gasteiger partial charge is 0.363 e. The summed E-state index contributed by atoms with van der Waals surface area (Å²) in [6, 6.07) is 0. The predicted molar refractivity (Wildman–Crippen MR) is 79.9 cm³/mol. The third-order valence-corrected chi connectivity index (χ3v) is 5.17. The summed E-state index contributed by atoms with van der Waals surface area (Å²) in [5.74, 6) is 1.45. The Hall–Kier alpha value is -0.870. The summed E-state index contributed by atoms with van der Waals surface area (Å²) in [4.78, 5) is 11.1. The van der Waals surface area contributed by atoms with Crippen LogP contribution in [0.25, 0.3) is 10.2 Å². The second-order valence-electron chi connectivity index (χ2n) is 4.86. The van der Waals surface area contributed by atoms with Gasteiger partial charge in [-0.25, -0.2) is 9.97 Å². The summed E-state index contributed by atoms with van der Waals surface area (Å²) < 4.78 is 0. The van der Waals surface area contributed by atoms with Gasteiger partial charge in [0.05, 0.1) is 5.39 Å². The van der Waals surface area contributed by atoms with Crippen LogP contribution >= 0.6 is 22.9 Å². The van der Waals surface area contributed by atoms with Crippen molar-refractivity contribution in [2.45, 2.75) is 39.7 Å². The highest BCUT2D eigenvalue weighted by Gasteiger charge is 2.23. The van der Waals surface area contributed by atoms with Crippen molar-refractivity contribution < 1.29 is 0 Å². The number of nitrogens with zero attached hydrogens (tertiary/aromatic N) is 2. The zero-order valence-corrected chi connectivity index (χ0v) is 12.7. The molecular weight excluding hydrogens is 266 g/mol. The third kappa shape index (κ3) is 2.31. The molecule has 0 aliphatic carbocycles. The van der Waals surface area contributed by atoms with E-state index in [1.807, 2.05) is 0 Å². The van der Waals surface area contributed by atoms with E-state index in [1.54, 1.807) is 17.7 Å². The minimum atomic E-state index is -0.134. The minimum Gasteiger partial charge on any atom is -0.363 e. The highest BCUT2D eigenvalue weighted by Crippen LogP contribution is 2.34. The molecule has 0 amide bonds. The SMILES string of the molecule is CCC(C)(CCl)Nc1ncnc2sc(C)c(C)c12. The molecule has 1 N–H and O–H groups in total. The molecule has 3 nitrogen and oxygen atoms in total. The Morgan fingerprint density at radius 1 is 1.39 bits per heavy atom. The van der Waals surface area contributed by atoms with E-state index < -0.39 is 0 Å². The lowest BCUT2D eigenvalue weighted by molar-refractivity contribution is 0.552. The zero-order valence-electron chi connectivity index (χ0n) is 11.2. The molecule has 5 heteroatoms. The Morgan fingerprint density at radius 3 is 2.72 bits per heavy atom. The lowest BCUT2D eigenvalue weighted by Gasteiger charge is -2.28. The quantitative estimate of drug-likeness (QED) is 0.858. The number of alkyl halides is 1. The maximum absolute atomic E-state index is 6.05. The van der Waals surface area contributed by atoms with Crippen LogP contribution < -0.4 is 5.32 Å². The van der Waals surface area contributed by atoms with Gasteiger partial charge < -0.3 is 5.32 Å². The Kier molecular flexibility index (Phi) is 3.78. The van der Waals surface area contributed by atoms with Crippen LogP contribution in [0.4, 0.5) is 5.82 Å². The van der Waals surface area contributed by atoms with Gasteiger partial charge in [-0.3, -0.25) is 0 Å². The first-order valence-electron chi connectivity index (χ1n) is 6.05. The van der Waals surface area contributed by atoms with Gasteiger partial charge >= 0.3 is 0 Å². The van der Waals surface area contributed by atoms with Crippen molar-refractivity contribution in [1.82, 2.24) is 9.97 Å². The summed E-state index contributed by atoms with van der Waals surface area (Å²) >= 11 is 7.76. The van der Waals surface area contributed by atoms with Gasteiger partial charge in [0.1, 0.15) is 17.0 Å². The molecule has 2 heterocycles. The summed E-state index contributed by atoms with van der Waals surface area (Å²) in [5.41, 5.74) is 1.12. The van der Waals surface area contributed by atoms with E-state index in [1.165, 1.54) is 10.4 Å². The fraction of sp³-hybridized carbons (Fsp3) is 0.538.